The summed E-state index contributed by atoms with van der Waals surface area (Å²) in [5, 5.41) is 0. The highest BCUT2D eigenvalue weighted by atomic mass is 16.5. The molecule has 0 saturated heterocycles. The summed E-state index contributed by atoms with van der Waals surface area (Å²) in [5.74, 6) is 1.51. The van der Waals surface area contributed by atoms with E-state index in [-0.39, 0.29) is 0 Å². The smallest absolute Gasteiger partial charge is 0.163 e. The Morgan fingerprint density at radius 3 is 2.69 bits per heavy atom. The van der Waals surface area contributed by atoms with E-state index in [0.717, 1.165) is 24.3 Å². The maximum absolute atomic E-state index is 5.64. The quantitative estimate of drug-likeness (QED) is 0.720. The Morgan fingerprint density at radius 1 is 1.31 bits per heavy atom. The molecule has 1 aliphatic rings. The molecule has 1 saturated carbocycles. The monoisotopic (exact) mass is 179 g/mol. The van der Waals surface area contributed by atoms with Crippen molar-refractivity contribution >= 4 is 5.69 Å². The Bertz CT molecular complexity index is 308. The van der Waals surface area contributed by atoms with Gasteiger partial charge in [-0.05, 0) is 25.0 Å². The predicted octanol–water partition coefficient (Wildman–Crippen LogP) is 1.82. The van der Waals surface area contributed by atoms with Crippen molar-refractivity contribution in [2.45, 2.75) is 18.9 Å². The topological polar surface area (TPSA) is 44.5 Å². The van der Waals surface area contributed by atoms with Gasteiger partial charge in [0.2, 0.25) is 0 Å². The van der Waals surface area contributed by atoms with Crippen LogP contribution in [0.5, 0.6) is 11.5 Å². The van der Waals surface area contributed by atoms with E-state index in [4.69, 9.17) is 15.2 Å². The fourth-order valence-electron chi connectivity index (χ4n) is 1.15. The molecule has 1 aromatic carbocycles. The lowest BCUT2D eigenvalue weighted by molar-refractivity contribution is 0.282. The van der Waals surface area contributed by atoms with Gasteiger partial charge in [-0.15, -0.1) is 0 Å². The number of nitrogen functional groups attached to an aromatic ring is 1. The molecule has 3 nitrogen and oxygen atoms in total. The summed E-state index contributed by atoms with van der Waals surface area (Å²) in [6.45, 7) is 0. The number of nitrogens with two attached hydrogens (primary N) is 1. The van der Waals surface area contributed by atoms with Crippen LogP contribution in [0.2, 0.25) is 0 Å². The van der Waals surface area contributed by atoms with E-state index in [1.807, 2.05) is 6.07 Å². The van der Waals surface area contributed by atoms with Crippen molar-refractivity contribution in [2.24, 2.45) is 0 Å². The van der Waals surface area contributed by atoms with Crippen LogP contribution in [0.1, 0.15) is 12.8 Å². The summed E-state index contributed by atoms with van der Waals surface area (Å²) in [7, 11) is 1.63. The average molecular weight is 179 g/mol. The Labute approximate surface area is 77.5 Å². The van der Waals surface area contributed by atoms with Gasteiger partial charge in [0.25, 0.3) is 0 Å². The van der Waals surface area contributed by atoms with Crippen LogP contribution < -0.4 is 15.2 Å². The van der Waals surface area contributed by atoms with Gasteiger partial charge in [0.15, 0.2) is 11.5 Å². The predicted molar refractivity (Wildman–Crippen MR) is 51.1 cm³/mol. The third-order valence-electron chi connectivity index (χ3n) is 2.01. The van der Waals surface area contributed by atoms with Gasteiger partial charge < -0.3 is 15.2 Å². The molecule has 1 aliphatic carbocycles. The van der Waals surface area contributed by atoms with Gasteiger partial charge in [-0.3, -0.25) is 0 Å². The van der Waals surface area contributed by atoms with Gasteiger partial charge in [0.1, 0.15) is 0 Å². The van der Waals surface area contributed by atoms with Crippen molar-refractivity contribution in [2.75, 3.05) is 12.8 Å². The number of benzene rings is 1. The summed E-state index contributed by atoms with van der Waals surface area (Å²) in [5.41, 5.74) is 6.35. The molecule has 0 heterocycles. The molecule has 0 aromatic heterocycles. The van der Waals surface area contributed by atoms with E-state index in [9.17, 15) is 0 Å². The summed E-state index contributed by atoms with van der Waals surface area (Å²) in [6, 6.07) is 5.43. The molecule has 0 aliphatic heterocycles. The first-order valence-electron chi connectivity index (χ1n) is 4.40. The summed E-state index contributed by atoms with van der Waals surface area (Å²) in [6.07, 6.45) is 2.64. The maximum Gasteiger partial charge on any atom is 0.163 e. The number of anilines is 1. The van der Waals surface area contributed by atoms with E-state index >= 15 is 0 Å². The number of methoxy groups -OCH3 is 1. The van der Waals surface area contributed by atoms with Gasteiger partial charge in [-0.1, -0.05) is 0 Å². The first-order chi connectivity index (χ1) is 6.29. The lowest BCUT2D eigenvalue weighted by Gasteiger charge is -2.09. The molecule has 1 aromatic rings. The minimum absolute atomic E-state index is 0.371. The molecular weight excluding hydrogens is 166 g/mol. The second-order valence-electron chi connectivity index (χ2n) is 3.23. The number of hydrogen-bond donors (Lipinski definition) is 1. The van der Waals surface area contributed by atoms with Crippen LogP contribution in [0.4, 0.5) is 5.69 Å². The van der Waals surface area contributed by atoms with E-state index in [0.29, 0.717) is 11.8 Å². The zero-order valence-electron chi connectivity index (χ0n) is 7.62. The van der Waals surface area contributed by atoms with Crippen LogP contribution in [-0.4, -0.2) is 13.2 Å². The molecule has 13 heavy (non-hydrogen) atoms. The van der Waals surface area contributed by atoms with Crippen molar-refractivity contribution in [3.05, 3.63) is 18.2 Å². The first-order valence-corrected chi connectivity index (χ1v) is 4.40. The lowest BCUT2D eigenvalue weighted by Crippen LogP contribution is -1.99. The molecule has 0 amide bonds. The van der Waals surface area contributed by atoms with Gasteiger partial charge in [0, 0.05) is 11.8 Å². The lowest BCUT2D eigenvalue weighted by atomic mass is 10.3. The van der Waals surface area contributed by atoms with Crippen LogP contribution in [0.25, 0.3) is 0 Å². The molecule has 0 radical (unpaired) electrons. The second-order valence-corrected chi connectivity index (χ2v) is 3.23. The normalized spacial score (nSPS) is 15.5. The van der Waals surface area contributed by atoms with Gasteiger partial charge in [-0.2, -0.15) is 0 Å². The van der Waals surface area contributed by atoms with Crippen LogP contribution >= 0.6 is 0 Å². The molecular formula is C10H13NO2. The third-order valence-corrected chi connectivity index (χ3v) is 2.01. The van der Waals surface area contributed by atoms with Crippen LogP contribution in [0.15, 0.2) is 18.2 Å². The van der Waals surface area contributed by atoms with E-state index in [1.165, 1.54) is 0 Å². The Kier molecular flexibility index (Phi) is 2.00. The van der Waals surface area contributed by atoms with Crippen molar-refractivity contribution in [1.29, 1.82) is 0 Å². The minimum Gasteiger partial charge on any atom is -0.493 e. The largest absolute Gasteiger partial charge is 0.493 e. The molecule has 2 rings (SSSR count). The molecule has 0 atom stereocenters. The van der Waals surface area contributed by atoms with E-state index in [1.54, 1.807) is 19.2 Å². The van der Waals surface area contributed by atoms with Crippen LogP contribution in [0, 0.1) is 0 Å². The van der Waals surface area contributed by atoms with Crippen molar-refractivity contribution in [3.63, 3.8) is 0 Å². The summed E-state index contributed by atoms with van der Waals surface area (Å²) < 4.78 is 10.8. The molecule has 1 fully saturated rings. The second kappa shape index (κ2) is 3.17. The maximum atomic E-state index is 5.64. The van der Waals surface area contributed by atoms with Gasteiger partial charge >= 0.3 is 0 Å². The minimum atomic E-state index is 0.371. The van der Waals surface area contributed by atoms with Crippen molar-refractivity contribution in [1.82, 2.24) is 0 Å². The number of hydrogen-bond acceptors (Lipinski definition) is 3. The zero-order valence-corrected chi connectivity index (χ0v) is 7.62. The van der Waals surface area contributed by atoms with Gasteiger partial charge in [-0.25, -0.2) is 0 Å². The molecule has 0 spiro atoms. The SMILES string of the molecule is COc1ccc(N)cc1OC1CC1. The molecule has 0 unspecified atom stereocenters. The highest BCUT2D eigenvalue weighted by molar-refractivity contribution is 5.52. The molecule has 70 valence electrons. The fraction of sp³-hybridized carbons (Fsp3) is 0.400. The van der Waals surface area contributed by atoms with Crippen molar-refractivity contribution in [3.8, 4) is 11.5 Å². The van der Waals surface area contributed by atoms with E-state index in [2.05, 4.69) is 0 Å². The summed E-state index contributed by atoms with van der Waals surface area (Å²) >= 11 is 0. The first kappa shape index (κ1) is 8.23. The van der Waals surface area contributed by atoms with E-state index < -0.39 is 0 Å². The highest BCUT2D eigenvalue weighted by Gasteiger charge is 2.24. The fourth-order valence-corrected chi connectivity index (χ4v) is 1.15. The van der Waals surface area contributed by atoms with Crippen molar-refractivity contribution < 1.29 is 9.47 Å². The Morgan fingerprint density at radius 2 is 2.08 bits per heavy atom. The van der Waals surface area contributed by atoms with Crippen LogP contribution in [-0.2, 0) is 0 Å². The average Bonchev–Trinajstić information content (AvgIpc) is 2.89. The third kappa shape index (κ3) is 1.86. The zero-order chi connectivity index (χ0) is 9.26. The molecule has 3 heteroatoms. The van der Waals surface area contributed by atoms with Gasteiger partial charge in [0.05, 0.1) is 13.2 Å². The standard InChI is InChI=1S/C10H13NO2/c1-12-9-5-2-7(11)6-10(9)13-8-3-4-8/h2,5-6,8H,3-4,11H2,1H3. The Hall–Kier alpha value is -1.38. The van der Waals surface area contributed by atoms with Crippen LogP contribution in [0.3, 0.4) is 0 Å². The Balaban J connectivity index is 2.22. The number of ether oxygens (including phenoxy) is 2. The number of rotatable bonds is 3. The molecule has 0 bridgehead atoms. The molecule has 2 N–H and O–H groups in total. The summed E-state index contributed by atoms with van der Waals surface area (Å²) in [4.78, 5) is 0. The highest BCUT2D eigenvalue weighted by Crippen LogP contribution is 2.34.